The SMILES string of the molecule is CC(C)C1OC(C)(c2ccc([S+](c3ccccc3)c3ccc(OC(=O)C(F)(F)S(=O)(=O)[O-])cc3)cc2)OCC1(F)F. The van der Waals surface area contributed by atoms with Crippen LogP contribution < -0.4 is 4.74 Å². The van der Waals surface area contributed by atoms with Crippen molar-refractivity contribution in [2.45, 2.75) is 58.5 Å². The molecule has 1 saturated heterocycles. The number of hydrogen-bond donors (Lipinski definition) is 0. The maximum Gasteiger partial charge on any atom is 0.429 e. The molecule has 7 nitrogen and oxygen atoms in total. The topological polar surface area (TPSA) is 102 Å². The molecule has 0 bridgehead atoms. The van der Waals surface area contributed by atoms with Gasteiger partial charge in [-0.15, -0.1) is 0 Å². The maximum atomic E-state index is 14.4. The van der Waals surface area contributed by atoms with Gasteiger partial charge in [-0.2, -0.15) is 8.78 Å². The summed E-state index contributed by atoms with van der Waals surface area (Å²) in [5.41, 5.74) is 0.538. The fourth-order valence-electron chi connectivity index (χ4n) is 4.22. The Morgan fingerprint density at radius 3 is 2.00 bits per heavy atom. The van der Waals surface area contributed by atoms with Gasteiger partial charge < -0.3 is 18.8 Å². The predicted molar refractivity (Wildman–Crippen MR) is 140 cm³/mol. The third-order valence-corrected chi connectivity index (χ3v) is 9.35. The number of rotatable bonds is 8. The summed E-state index contributed by atoms with van der Waals surface area (Å²) in [6, 6.07) is 21.8. The van der Waals surface area contributed by atoms with Crippen LogP contribution in [0.3, 0.4) is 0 Å². The number of alkyl halides is 4. The zero-order chi connectivity index (χ0) is 30.2. The highest BCUT2D eigenvalue weighted by atomic mass is 32.2. The van der Waals surface area contributed by atoms with Gasteiger partial charge in [-0.3, -0.25) is 0 Å². The number of carbonyl (C=O) groups excluding carboxylic acids is 1. The third-order valence-electron chi connectivity index (χ3n) is 6.33. The lowest BCUT2D eigenvalue weighted by atomic mass is 9.97. The van der Waals surface area contributed by atoms with Crippen LogP contribution in [0.25, 0.3) is 0 Å². The van der Waals surface area contributed by atoms with Crippen molar-refractivity contribution in [1.29, 1.82) is 0 Å². The molecule has 0 radical (unpaired) electrons. The van der Waals surface area contributed by atoms with Crippen LogP contribution in [0.4, 0.5) is 17.6 Å². The minimum atomic E-state index is -6.26. The number of ether oxygens (including phenoxy) is 3. The van der Waals surface area contributed by atoms with Crippen molar-refractivity contribution in [2.75, 3.05) is 6.61 Å². The van der Waals surface area contributed by atoms with Gasteiger partial charge in [0, 0.05) is 5.56 Å². The van der Waals surface area contributed by atoms with Crippen LogP contribution >= 0.6 is 0 Å². The van der Waals surface area contributed by atoms with Crippen molar-refractivity contribution >= 4 is 27.0 Å². The molecule has 0 amide bonds. The maximum absolute atomic E-state index is 14.4. The summed E-state index contributed by atoms with van der Waals surface area (Å²) >= 11 is 0. The molecular weight excluding hydrogens is 588 g/mol. The Bertz CT molecular complexity index is 1480. The minimum Gasteiger partial charge on any atom is -0.743 e. The first-order valence-electron chi connectivity index (χ1n) is 12.3. The zero-order valence-electron chi connectivity index (χ0n) is 22.1. The van der Waals surface area contributed by atoms with Gasteiger partial charge in [0.25, 0.3) is 5.92 Å². The molecule has 0 aliphatic carbocycles. The van der Waals surface area contributed by atoms with Gasteiger partial charge in [0.05, 0.1) is 10.9 Å². The molecule has 3 aromatic carbocycles. The third kappa shape index (κ3) is 6.44. The first kappa shape index (κ1) is 31.0. The summed E-state index contributed by atoms with van der Waals surface area (Å²) in [7, 11) is -7.01. The standard InChI is InChI=1S/C28H26F4O7S2/c1-18(2)24-27(29,30)17-37-26(3,39-24)19-9-13-22(14-10-19)40(21-7-5-4-6-8-21)23-15-11-20(12-16-23)38-25(33)28(31,32)41(34,35)36/h4-16,18,24H,17H2,1-3H3. The van der Waals surface area contributed by atoms with Gasteiger partial charge in [-0.05, 0) is 73.5 Å². The molecular formula is C28H26F4O7S2. The van der Waals surface area contributed by atoms with Crippen LogP contribution in [-0.2, 0) is 41.1 Å². The predicted octanol–water partition coefficient (Wildman–Crippen LogP) is 5.70. The first-order valence-corrected chi connectivity index (χ1v) is 14.9. The van der Waals surface area contributed by atoms with Crippen molar-refractivity contribution in [1.82, 2.24) is 0 Å². The van der Waals surface area contributed by atoms with Gasteiger partial charge in [-0.1, -0.05) is 32.0 Å². The summed E-state index contributed by atoms with van der Waals surface area (Å²) in [5, 5.41) is -5.24. The van der Waals surface area contributed by atoms with Crippen molar-refractivity contribution in [3.8, 4) is 5.75 Å². The lowest BCUT2D eigenvalue weighted by Gasteiger charge is -2.44. The number of hydrogen-bond acceptors (Lipinski definition) is 7. The molecule has 3 unspecified atom stereocenters. The molecule has 3 aromatic rings. The number of benzene rings is 3. The molecule has 4 rings (SSSR count). The Labute approximate surface area is 237 Å². The molecule has 0 spiro atoms. The van der Waals surface area contributed by atoms with Crippen LogP contribution in [0.1, 0.15) is 26.3 Å². The minimum absolute atomic E-state index is 0.384. The van der Waals surface area contributed by atoms with Crippen LogP contribution in [0.5, 0.6) is 5.75 Å². The van der Waals surface area contributed by atoms with Crippen molar-refractivity contribution in [2.24, 2.45) is 5.92 Å². The summed E-state index contributed by atoms with van der Waals surface area (Å²) < 4.78 is 104. The second kappa shape index (κ2) is 11.4. The van der Waals surface area contributed by atoms with E-state index in [1.54, 1.807) is 45.0 Å². The molecule has 0 aromatic heterocycles. The highest BCUT2D eigenvalue weighted by molar-refractivity contribution is 7.97. The Balaban J connectivity index is 1.62. The normalized spacial score (nSPS) is 21.8. The Morgan fingerprint density at radius 2 is 1.49 bits per heavy atom. The monoisotopic (exact) mass is 614 g/mol. The van der Waals surface area contributed by atoms with E-state index in [0.29, 0.717) is 10.5 Å². The van der Waals surface area contributed by atoms with Crippen molar-refractivity contribution < 1.29 is 49.5 Å². The Morgan fingerprint density at radius 1 is 0.976 bits per heavy atom. The molecule has 0 N–H and O–H groups in total. The average molecular weight is 615 g/mol. The molecule has 3 atom stereocenters. The number of carbonyl (C=O) groups is 1. The van der Waals surface area contributed by atoms with Crippen molar-refractivity contribution in [3.05, 3.63) is 84.4 Å². The van der Waals surface area contributed by atoms with Crippen LogP contribution in [-0.4, -0.2) is 42.8 Å². The molecule has 1 fully saturated rings. The summed E-state index contributed by atoms with van der Waals surface area (Å²) in [4.78, 5) is 14.0. The summed E-state index contributed by atoms with van der Waals surface area (Å²) in [5.74, 6) is -7.87. The Kier molecular flexibility index (Phi) is 8.59. The molecule has 41 heavy (non-hydrogen) atoms. The average Bonchev–Trinajstić information content (AvgIpc) is 2.91. The van der Waals surface area contributed by atoms with Gasteiger partial charge in [0.1, 0.15) is 18.5 Å². The Hall–Kier alpha value is -2.97. The van der Waals surface area contributed by atoms with Crippen molar-refractivity contribution in [3.63, 3.8) is 0 Å². The van der Waals surface area contributed by atoms with E-state index in [9.17, 15) is 35.3 Å². The van der Waals surface area contributed by atoms with Crippen LogP contribution in [0.15, 0.2) is 93.5 Å². The largest absolute Gasteiger partial charge is 0.743 e. The van der Waals surface area contributed by atoms with Gasteiger partial charge >= 0.3 is 11.2 Å². The summed E-state index contributed by atoms with van der Waals surface area (Å²) in [6.07, 6.45) is -1.33. The first-order chi connectivity index (χ1) is 19.0. The fraction of sp³-hybridized carbons (Fsp3) is 0.321. The van der Waals surface area contributed by atoms with E-state index < -0.39 is 62.6 Å². The summed E-state index contributed by atoms with van der Waals surface area (Å²) in [6.45, 7) is 4.11. The molecule has 1 heterocycles. The van der Waals surface area contributed by atoms with E-state index in [4.69, 9.17) is 9.47 Å². The van der Waals surface area contributed by atoms with E-state index in [1.165, 1.54) is 24.3 Å². The molecule has 13 heteroatoms. The number of halogens is 4. The lowest BCUT2D eigenvalue weighted by Crippen LogP contribution is -2.54. The lowest BCUT2D eigenvalue weighted by molar-refractivity contribution is -0.368. The quantitative estimate of drug-likeness (QED) is 0.105. The molecule has 1 aliphatic rings. The highest BCUT2D eigenvalue weighted by Crippen LogP contribution is 2.42. The van der Waals surface area contributed by atoms with E-state index >= 15 is 0 Å². The van der Waals surface area contributed by atoms with Gasteiger partial charge in [0.15, 0.2) is 30.6 Å². The molecule has 0 saturated carbocycles. The smallest absolute Gasteiger partial charge is 0.429 e. The van der Waals surface area contributed by atoms with E-state index in [-0.39, 0.29) is 5.75 Å². The second-order valence-corrected chi connectivity index (χ2v) is 13.2. The molecule has 220 valence electrons. The molecule has 1 aliphatic heterocycles. The fourth-order valence-corrected chi connectivity index (χ4v) is 6.53. The van der Waals surface area contributed by atoms with E-state index in [0.717, 1.165) is 9.79 Å². The zero-order valence-corrected chi connectivity index (χ0v) is 23.7. The van der Waals surface area contributed by atoms with Gasteiger partial charge in [0.2, 0.25) is 0 Å². The highest BCUT2D eigenvalue weighted by Gasteiger charge is 2.53. The second-order valence-electron chi connectivity index (χ2n) is 9.75. The van der Waals surface area contributed by atoms with Crippen LogP contribution in [0.2, 0.25) is 0 Å². The number of esters is 1. The van der Waals surface area contributed by atoms with E-state index in [2.05, 4.69) is 4.74 Å². The van der Waals surface area contributed by atoms with Crippen LogP contribution in [0, 0.1) is 5.92 Å². The van der Waals surface area contributed by atoms with E-state index in [1.807, 2.05) is 30.3 Å². The van der Waals surface area contributed by atoms with Gasteiger partial charge in [-0.25, -0.2) is 22.0 Å².